The first-order valence-corrected chi connectivity index (χ1v) is 16.7. The number of amides is 1. The van der Waals surface area contributed by atoms with E-state index in [0.717, 1.165) is 16.7 Å². The fraction of sp³-hybridized carbons (Fsp3) is 0.237. The lowest BCUT2D eigenvalue weighted by molar-refractivity contribution is -0.132. The molecule has 1 fully saturated rings. The molecule has 48 heavy (non-hydrogen) atoms. The molecule has 5 aromatic rings. The third kappa shape index (κ3) is 6.70. The maximum Gasteiger partial charge on any atom is 0.301 e. The Kier molecular flexibility index (Phi) is 9.91. The molecule has 0 bridgehead atoms. The fourth-order valence-electron chi connectivity index (χ4n) is 5.50. The van der Waals surface area contributed by atoms with E-state index in [0.29, 0.717) is 71.2 Å². The number of aliphatic hydroxyl groups excluding tert-OH is 1. The van der Waals surface area contributed by atoms with Crippen molar-refractivity contribution < 1.29 is 33.6 Å². The van der Waals surface area contributed by atoms with Gasteiger partial charge in [0.25, 0.3) is 5.78 Å². The second-order valence-corrected chi connectivity index (χ2v) is 12.0. The van der Waals surface area contributed by atoms with Gasteiger partial charge in [0, 0.05) is 5.56 Å². The Morgan fingerprint density at radius 3 is 2.29 bits per heavy atom. The van der Waals surface area contributed by atoms with Gasteiger partial charge in [0.1, 0.15) is 23.9 Å². The molecule has 1 N–H and O–H groups in total. The van der Waals surface area contributed by atoms with Crippen molar-refractivity contribution in [3.8, 4) is 23.0 Å². The number of carbonyl (C=O) groups excluding carboxylic acids is 2. The Bertz CT molecular complexity index is 1950. The topological polar surface area (TPSA) is 107 Å². The molecule has 4 aromatic carbocycles. The number of nitrogens with zero attached hydrogens (tertiary/aromatic N) is 2. The van der Waals surface area contributed by atoms with Gasteiger partial charge in [-0.3, -0.25) is 14.5 Å². The van der Waals surface area contributed by atoms with Gasteiger partial charge in [-0.2, -0.15) is 0 Å². The summed E-state index contributed by atoms with van der Waals surface area (Å²) < 4.78 is 24.3. The van der Waals surface area contributed by atoms with Crippen LogP contribution in [0.3, 0.4) is 0 Å². The van der Waals surface area contributed by atoms with Crippen LogP contribution in [-0.4, -0.2) is 41.6 Å². The van der Waals surface area contributed by atoms with Gasteiger partial charge >= 0.3 is 5.91 Å². The van der Waals surface area contributed by atoms with Crippen molar-refractivity contribution in [2.75, 3.05) is 24.7 Å². The van der Waals surface area contributed by atoms with Crippen molar-refractivity contribution in [2.24, 2.45) is 0 Å². The van der Waals surface area contributed by atoms with E-state index in [4.69, 9.17) is 23.9 Å². The predicted molar refractivity (Wildman–Crippen MR) is 186 cm³/mol. The number of anilines is 1. The highest BCUT2D eigenvalue weighted by atomic mass is 32.1. The third-order valence-electron chi connectivity index (χ3n) is 7.73. The van der Waals surface area contributed by atoms with Gasteiger partial charge in [0.2, 0.25) is 0 Å². The number of carbonyl (C=O) groups is 2. The van der Waals surface area contributed by atoms with Crippen LogP contribution in [0.4, 0.5) is 5.13 Å². The number of ketones is 1. The maximum absolute atomic E-state index is 13.9. The second kappa shape index (κ2) is 14.6. The molecule has 6 rings (SSSR count). The zero-order valence-corrected chi connectivity index (χ0v) is 27.8. The van der Waals surface area contributed by atoms with Crippen LogP contribution in [0.1, 0.15) is 49.9 Å². The first-order chi connectivity index (χ1) is 23.4. The highest BCUT2D eigenvalue weighted by Gasteiger charge is 2.48. The number of hydrogen-bond donors (Lipinski definition) is 1. The molecular weight excluding hydrogens is 628 g/mol. The minimum Gasteiger partial charge on any atom is -0.507 e. The predicted octanol–water partition coefficient (Wildman–Crippen LogP) is 8.09. The number of fused-ring (bicyclic) bond motifs is 1. The number of aromatic nitrogens is 1. The van der Waals surface area contributed by atoms with E-state index in [-0.39, 0.29) is 11.3 Å². The first kappa shape index (κ1) is 32.6. The molecule has 1 unspecified atom stereocenters. The summed E-state index contributed by atoms with van der Waals surface area (Å²) in [6, 6.07) is 26.4. The lowest BCUT2D eigenvalue weighted by Gasteiger charge is -2.24. The van der Waals surface area contributed by atoms with Crippen LogP contribution >= 0.6 is 11.3 Å². The SMILES string of the molecule is CCCOc1ccc(C(O)=C2C(=O)C(=O)N(c3nc4ccc(OCC)cc4s3)C2c2ccc(OCc3ccccc3)c(OCC)c2)cc1. The van der Waals surface area contributed by atoms with Crippen LogP contribution < -0.4 is 23.8 Å². The molecule has 0 spiro atoms. The zero-order valence-electron chi connectivity index (χ0n) is 27.0. The van der Waals surface area contributed by atoms with Crippen molar-refractivity contribution in [1.82, 2.24) is 4.98 Å². The molecule has 246 valence electrons. The molecule has 10 heteroatoms. The van der Waals surface area contributed by atoms with Crippen molar-refractivity contribution in [1.29, 1.82) is 0 Å². The summed E-state index contributed by atoms with van der Waals surface area (Å²) in [7, 11) is 0. The van der Waals surface area contributed by atoms with Crippen LogP contribution in [0.15, 0.2) is 96.6 Å². The molecule has 1 atom stereocenters. The molecule has 1 aliphatic rings. The Hall–Kier alpha value is -5.35. The molecule has 1 aliphatic heterocycles. The number of hydrogen-bond acceptors (Lipinski definition) is 9. The minimum atomic E-state index is -1.00. The quantitative estimate of drug-likeness (QED) is 0.0765. The number of thiazole rings is 1. The summed E-state index contributed by atoms with van der Waals surface area (Å²) in [6.45, 7) is 7.53. The number of benzene rings is 4. The van der Waals surface area contributed by atoms with Crippen LogP contribution in [0.2, 0.25) is 0 Å². The van der Waals surface area contributed by atoms with E-state index in [1.165, 1.54) is 16.2 Å². The monoisotopic (exact) mass is 664 g/mol. The van der Waals surface area contributed by atoms with E-state index < -0.39 is 17.7 Å². The highest BCUT2D eigenvalue weighted by Crippen LogP contribution is 2.46. The molecule has 1 amide bonds. The Morgan fingerprint density at radius 2 is 1.56 bits per heavy atom. The summed E-state index contributed by atoms with van der Waals surface area (Å²) in [5.41, 5.74) is 2.51. The molecular formula is C38H36N2O7S. The average Bonchev–Trinajstić information content (AvgIpc) is 3.64. The molecule has 9 nitrogen and oxygen atoms in total. The summed E-state index contributed by atoms with van der Waals surface area (Å²) in [5, 5.41) is 12.0. The summed E-state index contributed by atoms with van der Waals surface area (Å²) in [6.07, 6.45) is 0.851. The van der Waals surface area contributed by atoms with E-state index in [1.807, 2.05) is 69.3 Å². The molecule has 0 radical (unpaired) electrons. The number of Topliss-reactive ketones (excluding diaryl/α,β-unsaturated/α-hetero) is 1. The lowest BCUT2D eigenvalue weighted by Crippen LogP contribution is -2.29. The maximum atomic E-state index is 13.9. The normalized spacial score (nSPS) is 15.6. The molecule has 2 heterocycles. The van der Waals surface area contributed by atoms with Gasteiger partial charge in [-0.1, -0.05) is 54.7 Å². The van der Waals surface area contributed by atoms with E-state index in [9.17, 15) is 14.7 Å². The molecule has 1 saturated heterocycles. The Morgan fingerprint density at radius 1 is 0.812 bits per heavy atom. The first-order valence-electron chi connectivity index (χ1n) is 15.9. The summed E-state index contributed by atoms with van der Waals surface area (Å²) in [5.74, 6) is 0.352. The van der Waals surface area contributed by atoms with Crippen molar-refractivity contribution in [3.05, 3.63) is 113 Å². The van der Waals surface area contributed by atoms with Gasteiger partial charge in [-0.05, 0) is 86.0 Å². The van der Waals surface area contributed by atoms with Crippen LogP contribution in [0, 0.1) is 0 Å². The smallest absolute Gasteiger partial charge is 0.301 e. The van der Waals surface area contributed by atoms with E-state index >= 15 is 0 Å². The van der Waals surface area contributed by atoms with Crippen molar-refractivity contribution in [3.63, 3.8) is 0 Å². The Labute approximate surface area is 283 Å². The van der Waals surface area contributed by atoms with Crippen LogP contribution in [0.5, 0.6) is 23.0 Å². The van der Waals surface area contributed by atoms with Gasteiger partial charge in [0.15, 0.2) is 16.6 Å². The highest BCUT2D eigenvalue weighted by molar-refractivity contribution is 7.22. The van der Waals surface area contributed by atoms with Crippen LogP contribution in [-0.2, 0) is 16.2 Å². The largest absolute Gasteiger partial charge is 0.507 e. The number of rotatable bonds is 13. The second-order valence-electron chi connectivity index (χ2n) is 11.0. The van der Waals surface area contributed by atoms with Crippen molar-refractivity contribution >= 4 is 44.1 Å². The van der Waals surface area contributed by atoms with Gasteiger partial charge in [-0.15, -0.1) is 0 Å². The van der Waals surface area contributed by atoms with Gasteiger partial charge in [0.05, 0.1) is 41.7 Å². The fourth-order valence-corrected chi connectivity index (χ4v) is 6.52. The zero-order chi connectivity index (χ0) is 33.6. The molecule has 1 aromatic heterocycles. The summed E-state index contributed by atoms with van der Waals surface area (Å²) in [4.78, 5) is 33.8. The number of ether oxygens (including phenoxy) is 4. The third-order valence-corrected chi connectivity index (χ3v) is 8.75. The van der Waals surface area contributed by atoms with Crippen LogP contribution in [0.25, 0.3) is 16.0 Å². The van der Waals surface area contributed by atoms with E-state index in [2.05, 4.69) is 0 Å². The lowest BCUT2D eigenvalue weighted by atomic mass is 9.95. The number of aliphatic hydroxyl groups is 1. The van der Waals surface area contributed by atoms with Gasteiger partial charge < -0.3 is 24.1 Å². The average molecular weight is 665 g/mol. The molecule has 0 saturated carbocycles. The Balaban J connectivity index is 1.46. The van der Waals surface area contributed by atoms with E-state index in [1.54, 1.807) is 42.5 Å². The standard InChI is InChI=1S/C38H36N2O7S/c1-4-20-46-27-15-12-25(13-16-27)35(41)33-34(26-14-19-30(31(21-26)45-6-3)47-23-24-10-8-7-9-11-24)40(37(43)36(33)42)38-39-29-18-17-28(44-5-2)22-32(29)48-38/h7-19,21-22,34,41H,4-6,20,23H2,1-3H3. The van der Waals surface area contributed by atoms with Crippen molar-refractivity contribution in [2.45, 2.75) is 39.8 Å². The minimum absolute atomic E-state index is 0.0584. The molecule has 0 aliphatic carbocycles. The van der Waals surface area contributed by atoms with Gasteiger partial charge in [-0.25, -0.2) is 4.98 Å². The summed E-state index contributed by atoms with van der Waals surface area (Å²) >= 11 is 1.27.